The van der Waals surface area contributed by atoms with E-state index in [9.17, 15) is 4.79 Å². The summed E-state index contributed by atoms with van der Waals surface area (Å²) in [6, 6.07) is 17.4. The lowest BCUT2D eigenvalue weighted by Gasteiger charge is -2.34. The standard InChI is InChI=1S/C23H25N3O3/c1-28-20-12-5-6-13-21(20)29-16-22(27)26-14-8-7-11-19(26)23-24-15-18(25-23)17-9-3-2-4-10-17/h2-6,9-10,12-13,15,19H,7-8,11,14,16H2,1H3,(H,24,25). The van der Waals surface area contributed by atoms with Gasteiger partial charge in [0.25, 0.3) is 5.91 Å². The Kier molecular flexibility index (Phi) is 5.79. The molecule has 0 saturated carbocycles. The zero-order chi connectivity index (χ0) is 20.1. The van der Waals surface area contributed by atoms with Crippen LogP contribution in [-0.4, -0.2) is 41.0 Å². The van der Waals surface area contributed by atoms with Gasteiger partial charge in [-0.3, -0.25) is 4.79 Å². The van der Waals surface area contributed by atoms with Gasteiger partial charge in [-0.15, -0.1) is 0 Å². The maximum atomic E-state index is 13.0. The topological polar surface area (TPSA) is 67.5 Å². The molecule has 6 heteroatoms. The van der Waals surface area contributed by atoms with Crippen LogP contribution in [0.4, 0.5) is 0 Å². The zero-order valence-corrected chi connectivity index (χ0v) is 16.5. The fourth-order valence-electron chi connectivity index (χ4n) is 3.75. The van der Waals surface area contributed by atoms with Gasteiger partial charge in [-0.1, -0.05) is 42.5 Å². The van der Waals surface area contributed by atoms with Crippen molar-refractivity contribution in [3.05, 3.63) is 66.6 Å². The second kappa shape index (κ2) is 8.82. The third kappa shape index (κ3) is 4.26. The normalized spacial score (nSPS) is 16.4. The van der Waals surface area contributed by atoms with Crippen LogP contribution in [-0.2, 0) is 4.79 Å². The van der Waals surface area contributed by atoms with Gasteiger partial charge in [-0.25, -0.2) is 4.98 Å². The first-order chi connectivity index (χ1) is 14.3. The first-order valence-corrected chi connectivity index (χ1v) is 9.92. The summed E-state index contributed by atoms with van der Waals surface area (Å²) in [4.78, 5) is 22.8. The number of benzene rings is 2. The Morgan fingerprint density at radius 3 is 2.66 bits per heavy atom. The Bertz CT molecular complexity index is 955. The molecule has 0 spiro atoms. The Balaban J connectivity index is 1.47. The number of rotatable bonds is 6. The number of aromatic nitrogens is 2. The van der Waals surface area contributed by atoms with Crippen LogP contribution in [0.25, 0.3) is 11.3 Å². The van der Waals surface area contributed by atoms with Crippen molar-refractivity contribution in [3.8, 4) is 22.8 Å². The molecule has 1 saturated heterocycles. The molecule has 0 aliphatic carbocycles. The molecule has 1 N–H and O–H groups in total. The average molecular weight is 391 g/mol. The zero-order valence-electron chi connectivity index (χ0n) is 16.5. The van der Waals surface area contributed by atoms with Crippen LogP contribution in [0.2, 0.25) is 0 Å². The highest BCUT2D eigenvalue weighted by atomic mass is 16.5. The molecule has 2 heterocycles. The summed E-state index contributed by atoms with van der Waals surface area (Å²) in [7, 11) is 1.59. The lowest BCUT2D eigenvalue weighted by molar-refractivity contribution is -0.137. The van der Waals surface area contributed by atoms with E-state index in [4.69, 9.17) is 9.47 Å². The maximum absolute atomic E-state index is 13.0. The summed E-state index contributed by atoms with van der Waals surface area (Å²) in [5.74, 6) is 1.97. The number of methoxy groups -OCH3 is 1. The summed E-state index contributed by atoms with van der Waals surface area (Å²) in [6.07, 6.45) is 4.79. The van der Waals surface area contributed by atoms with E-state index in [1.165, 1.54) is 0 Å². The second-order valence-electron chi connectivity index (χ2n) is 7.09. The predicted octanol–water partition coefficient (Wildman–Crippen LogP) is 4.22. The smallest absolute Gasteiger partial charge is 0.261 e. The minimum absolute atomic E-state index is 0.0247. The number of nitrogens with one attached hydrogen (secondary N) is 1. The summed E-state index contributed by atoms with van der Waals surface area (Å²) in [5, 5.41) is 0. The number of nitrogens with zero attached hydrogens (tertiary/aromatic N) is 2. The highest BCUT2D eigenvalue weighted by Crippen LogP contribution is 2.31. The van der Waals surface area contributed by atoms with Crippen LogP contribution in [0.5, 0.6) is 11.5 Å². The molecule has 1 aliphatic heterocycles. The van der Waals surface area contributed by atoms with Gasteiger partial charge in [0.05, 0.1) is 25.0 Å². The Hall–Kier alpha value is -3.28. The van der Waals surface area contributed by atoms with Gasteiger partial charge in [0, 0.05) is 6.54 Å². The van der Waals surface area contributed by atoms with E-state index in [2.05, 4.69) is 9.97 Å². The highest BCUT2D eigenvalue weighted by Gasteiger charge is 2.30. The second-order valence-corrected chi connectivity index (χ2v) is 7.09. The maximum Gasteiger partial charge on any atom is 0.261 e. The summed E-state index contributed by atoms with van der Waals surface area (Å²) < 4.78 is 11.0. The number of piperidine rings is 1. The third-order valence-electron chi connectivity index (χ3n) is 5.24. The molecule has 2 aromatic carbocycles. The number of H-pyrrole nitrogens is 1. The molecule has 1 unspecified atom stereocenters. The molecule has 3 aromatic rings. The van der Waals surface area contributed by atoms with Gasteiger partial charge < -0.3 is 19.4 Å². The van der Waals surface area contributed by atoms with E-state index >= 15 is 0 Å². The Labute approximate surface area is 170 Å². The number of hydrogen-bond acceptors (Lipinski definition) is 4. The van der Waals surface area contributed by atoms with Crippen molar-refractivity contribution in [2.45, 2.75) is 25.3 Å². The molecule has 1 aromatic heterocycles. The largest absolute Gasteiger partial charge is 0.493 e. The number of hydrogen-bond donors (Lipinski definition) is 1. The van der Waals surface area contributed by atoms with Crippen LogP contribution < -0.4 is 9.47 Å². The van der Waals surface area contributed by atoms with E-state index in [0.29, 0.717) is 18.0 Å². The first kappa shape index (κ1) is 19.1. The number of amides is 1. The first-order valence-electron chi connectivity index (χ1n) is 9.92. The van der Waals surface area contributed by atoms with Crippen LogP contribution in [0.15, 0.2) is 60.8 Å². The van der Waals surface area contributed by atoms with E-state index in [0.717, 1.165) is 36.3 Å². The minimum atomic E-state index is -0.0602. The molecule has 1 atom stereocenters. The molecule has 29 heavy (non-hydrogen) atoms. The molecule has 150 valence electrons. The number of carbonyl (C=O) groups excluding carboxylic acids is 1. The summed E-state index contributed by atoms with van der Waals surface area (Å²) in [6.45, 7) is 0.684. The fourth-order valence-corrected chi connectivity index (χ4v) is 3.75. The quantitative estimate of drug-likeness (QED) is 0.683. The number of para-hydroxylation sites is 2. The third-order valence-corrected chi connectivity index (χ3v) is 5.24. The fraction of sp³-hybridized carbons (Fsp3) is 0.304. The molecule has 1 fully saturated rings. The summed E-state index contributed by atoms with van der Waals surface area (Å²) in [5.41, 5.74) is 2.04. The van der Waals surface area contributed by atoms with Crippen molar-refractivity contribution in [1.82, 2.24) is 14.9 Å². The monoisotopic (exact) mass is 391 g/mol. The van der Waals surface area contributed by atoms with Crippen molar-refractivity contribution >= 4 is 5.91 Å². The Morgan fingerprint density at radius 1 is 1.10 bits per heavy atom. The minimum Gasteiger partial charge on any atom is -0.493 e. The van der Waals surface area contributed by atoms with Gasteiger partial charge in [-0.2, -0.15) is 0 Å². The van der Waals surface area contributed by atoms with Crippen molar-refractivity contribution in [2.75, 3.05) is 20.3 Å². The average Bonchev–Trinajstić information content (AvgIpc) is 3.28. The van der Waals surface area contributed by atoms with E-state index in [-0.39, 0.29) is 18.6 Å². The number of carbonyl (C=O) groups is 1. The highest BCUT2D eigenvalue weighted by molar-refractivity contribution is 5.78. The van der Waals surface area contributed by atoms with Crippen molar-refractivity contribution in [2.24, 2.45) is 0 Å². The van der Waals surface area contributed by atoms with Gasteiger partial charge in [0.2, 0.25) is 0 Å². The van der Waals surface area contributed by atoms with Crippen LogP contribution in [0, 0.1) is 0 Å². The SMILES string of the molecule is COc1ccccc1OCC(=O)N1CCCCC1c1ncc(-c2ccccc2)[nH]1. The number of aromatic amines is 1. The molecule has 4 rings (SSSR count). The van der Waals surface area contributed by atoms with Crippen LogP contribution in [0.3, 0.4) is 0 Å². The molecular formula is C23H25N3O3. The number of ether oxygens (including phenoxy) is 2. The van der Waals surface area contributed by atoms with Gasteiger partial charge in [0.1, 0.15) is 5.82 Å². The van der Waals surface area contributed by atoms with Gasteiger partial charge >= 0.3 is 0 Å². The number of imidazole rings is 1. The van der Waals surface area contributed by atoms with Crippen molar-refractivity contribution in [3.63, 3.8) is 0 Å². The van der Waals surface area contributed by atoms with E-state index in [1.54, 1.807) is 13.2 Å². The van der Waals surface area contributed by atoms with Crippen LogP contribution >= 0.6 is 0 Å². The lowest BCUT2D eigenvalue weighted by atomic mass is 10.0. The van der Waals surface area contributed by atoms with Crippen LogP contribution in [0.1, 0.15) is 31.1 Å². The van der Waals surface area contributed by atoms with E-state index in [1.807, 2.05) is 59.6 Å². The van der Waals surface area contributed by atoms with Gasteiger partial charge in [-0.05, 0) is 37.0 Å². The molecule has 0 bridgehead atoms. The Morgan fingerprint density at radius 2 is 1.86 bits per heavy atom. The lowest BCUT2D eigenvalue weighted by Crippen LogP contribution is -2.41. The van der Waals surface area contributed by atoms with Crippen molar-refractivity contribution in [1.29, 1.82) is 0 Å². The van der Waals surface area contributed by atoms with E-state index < -0.39 is 0 Å². The molecule has 0 radical (unpaired) electrons. The number of likely N-dealkylation sites (tertiary alicyclic amines) is 1. The summed E-state index contributed by atoms with van der Waals surface area (Å²) >= 11 is 0. The molecular weight excluding hydrogens is 366 g/mol. The predicted molar refractivity (Wildman–Crippen MR) is 111 cm³/mol. The molecule has 6 nitrogen and oxygen atoms in total. The van der Waals surface area contributed by atoms with Crippen molar-refractivity contribution < 1.29 is 14.3 Å². The van der Waals surface area contributed by atoms with Gasteiger partial charge in [0.15, 0.2) is 18.1 Å². The molecule has 1 aliphatic rings. The molecule has 1 amide bonds.